The second kappa shape index (κ2) is 7.03. The molecule has 0 spiro atoms. The van der Waals surface area contributed by atoms with E-state index in [1.807, 2.05) is 0 Å². The third-order valence-electron chi connectivity index (χ3n) is 3.92. The van der Waals surface area contributed by atoms with E-state index in [1.54, 1.807) is 12.1 Å². The summed E-state index contributed by atoms with van der Waals surface area (Å²) >= 11 is 1.32. The lowest BCUT2D eigenvalue weighted by Gasteiger charge is -2.29. The molecule has 0 aliphatic carbocycles. The normalized spacial score (nSPS) is 14.2. The summed E-state index contributed by atoms with van der Waals surface area (Å²) in [6.07, 6.45) is -4.45. The van der Waals surface area contributed by atoms with E-state index in [0.717, 1.165) is 17.0 Å². The number of thioether (sulfide) groups is 1. The standard InChI is InChI=1S/C18H14F3NO3S/c1-25-17(24)12-5-6-15-14(8-12)22(16(23)10-26-15)9-11-3-2-4-13(7-11)18(19,20)21/h2-8H,9-10H2,1H3. The number of ether oxygens (including phenoxy) is 1. The highest BCUT2D eigenvalue weighted by Gasteiger charge is 2.31. The van der Waals surface area contributed by atoms with Crippen LogP contribution >= 0.6 is 11.8 Å². The van der Waals surface area contributed by atoms with Crippen LogP contribution in [0.1, 0.15) is 21.5 Å². The van der Waals surface area contributed by atoms with Crippen LogP contribution in [0.2, 0.25) is 0 Å². The third-order valence-corrected chi connectivity index (χ3v) is 4.97. The van der Waals surface area contributed by atoms with Gasteiger partial charge in [-0.25, -0.2) is 4.79 Å². The maximum Gasteiger partial charge on any atom is 0.416 e. The maximum atomic E-state index is 12.9. The number of amides is 1. The van der Waals surface area contributed by atoms with Crippen molar-refractivity contribution in [1.29, 1.82) is 0 Å². The van der Waals surface area contributed by atoms with E-state index in [1.165, 1.54) is 42.0 Å². The first-order valence-electron chi connectivity index (χ1n) is 7.61. The molecule has 136 valence electrons. The van der Waals surface area contributed by atoms with E-state index >= 15 is 0 Å². The zero-order valence-corrected chi connectivity index (χ0v) is 14.5. The molecular formula is C18H14F3NO3S. The molecule has 2 aromatic carbocycles. The molecule has 0 unspecified atom stereocenters. The predicted octanol–water partition coefficient (Wildman–Crippen LogP) is 4.13. The summed E-state index contributed by atoms with van der Waals surface area (Å²) < 4.78 is 43.4. The van der Waals surface area contributed by atoms with Crippen LogP contribution in [0.15, 0.2) is 47.4 Å². The molecule has 0 N–H and O–H groups in total. The number of methoxy groups -OCH3 is 1. The minimum absolute atomic E-state index is 0.0130. The molecule has 3 rings (SSSR count). The zero-order chi connectivity index (χ0) is 18.9. The summed E-state index contributed by atoms with van der Waals surface area (Å²) in [4.78, 5) is 26.3. The zero-order valence-electron chi connectivity index (χ0n) is 13.7. The monoisotopic (exact) mass is 381 g/mol. The van der Waals surface area contributed by atoms with Gasteiger partial charge in [-0.15, -0.1) is 11.8 Å². The van der Waals surface area contributed by atoms with Crippen LogP contribution in [-0.4, -0.2) is 24.7 Å². The summed E-state index contributed by atoms with van der Waals surface area (Å²) in [5.74, 6) is -0.597. The molecule has 0 saturated heterocycles. The quantitative estimate of drug-likeness (QED) is 0.750. The van der Waals surface area contributed by atoms with Gasteiger partial charge in [0.15, 0.2) is 0 Å². The fourth-order valence-electron chi connectivity index (χ4n) is 2.65. The van der Waals surface area contributed by atoms with Gasteiger partial charge in [-0.1, -0.05) is 12.1 Å². The number of carbonyl (C=O) groups excluding carboxylic acids is 2. The van der Waals surface area contributed by atoms with Crippen LogP contribution in [-0.2, 0) is 22.3 Å². The van der Waals surface area contributed by atoms with Crippen molar-refractivity contribution >= 4 is 29.3 Å². The Labute approximate surface area is 151 Å². The first-order valence-corrected chi connectivity index (χ1v) is 8.60. The second-order valence-corrected chi connectivity index (χ2v) is 6.66. The average molecular weight is 381 g/mol. The molecule has 0 atom stereocenters. The molecule has 0 saturated carbocycles. The number of hydrogen-bond acceptors (Lipinski definition) is 4. The number of rotatable bonds is 3. The van der Waals surface area contributed by atoms with Crippen LogP contribution in [0, 0.1) is 0 Å². The lowest BCUT2D eigenvalue weighted by Crippen LogP contribution is -2.35. The van der Waals surface area contributed by atoms with Gasteiger partial charge in [0.2, 0.25) is 5.91 Å². The summed E-state index contributed by atoms with van der Waals surface area (Å²) in [7, 11) is 1.25. The molecule has 1 aliphatic heterocycles. The van der Waals surface area contributed by atoms with Crippen molar-refractivity contribution < 1.29 is 27.5 Å². The van der Waals surface area contributed by atoms with E-state index in [9.17, 15) is 22.8 Å². The molecule has 1 heterocycles. The van der Waals surface area contributed by atoms with E-state index in [0.29, 0.717) is 11.3 Å². The number of fused-ring (bicyclic) bond motifs is 1. The van der Waals surface area contributed by atoms with Crippen molar-refractivity contribution in [2.24, 2.45) is 0 Å². The molecule has 0 radical (unpaired) electrons. The van der Waals surface area contributed by atoms with E-state index in [2.05, 4.69) is 4.74 Å². The fraction of sp³-hybridized carbons (Fsp3) is 0.222. The Morgan fingerprint density at radius 2 is 2.00 bits per heavy atom. The van der Waals surface area contributed by atoms with Crippen molar-refractivity contribution in [3.8, 4) is 0 Å². The Bertz CT molecular complexity index is 867. The first kappa shape index (κ1) is 18.3. The Kier molecular flexibility index (Phi) is 4.95. The lowest BCUT2D eigenvalue weighted by atomic mass is 10.1. The minimum Gasteiger partial charge on any atom is -0.465 e. The van der Waals surface area contributed by atoms with Crippen LogP contribution in [0.25, 0.3) is 0 Å². The predicted molar refractivity (Wildman–Crippen MR) is 91.1 cm³/mol. The van der Waals surface area contributed by atoms with Crippen LogP contribution < -0.4 is 4.90 Å². The molecule has 2 aromatic rings. The molecule has 1 aliphatic rings. The number of alkyl halides is 3. The summed E-state index contributed by atoms with van der Waals surface area (Å²) in [6.45, 7) is -0.0130. The molecule has 1 amide bonds. The number of benzene rings is 2. The number of esters is 1. The highest BCUT2D eigenvalue weighted by atomic mass is 32.2. The van der Waals surface area contributed by atoms with Crippen molar-refractivity contribution in [2.45, 2.75) is 17.6 Å². The van der Waals surface area contributed by atoms with Crippen LogP contribution in [0.3, 0.4) is 0 Å². The molecular weight excluding hydrogens is 367 g/mol. The van der Waals surface area contributed by atoms with E-state index in [4.69, 9.17) is 0 Å². The summed E-state index contributed by atoms with van der Waals surface area (Å²) in [5, 5.41) is 0. The van der Waals surface area contributed by atoms with Gasteiger partial charge >= 0.3 is 12.1 Å². The van der Waals surface area contributed by atoms with Gasteiger partial charge in [-0.3, -0.25) is 4.79 Å². The summed E-state index contributed by atoms with van der Waals surface area (Å²) in [5.41, 5.74) is 0.356. The van der Waals surface area contributed by atoms with Gasteiger partial charge in [-0.05, 0) is 35.9 Å². The number of carbonyl (C=O) groups is 2. The first-order chi connectivity index (χ1) is 12.3. The van der Waals surface area contributed by atoms with Crippen LogP contribution in [0.5, 0.6) is 0 Å². The molecule has 0 fully saturated rings. The van der Waals surface area contributed by atoms with Gasteiger partial charge in [0.05, 0.1) is 36.2 Å². The molecule has 0 bridgehead atoms. The second-order valence-electron chi connectivity index (χ2n) is 5.64. The van der Waals surface area contributed by atoms with Gasteiger partial charge in [0.25, 0.3) is 0 Å². The molecule has 0 aromatic heterocycles. The fourth-order valence-corrected chi connectivity index (χ4v) is 3.56. The number of hydrogen-bond donors (Lipinski definition) is 0. The number of halogens is 3. The highest BCUT2D eigenvalue weighted by Crippen LogP contribution is 2.37. The Balaban J connectivity index is 1.96. The van der Waals surface area contributed by atoms with Gasteiger partial charge in [-0.2, -0.15) is 13.2 Å². The molecule has 8 heteroatoms. The van der Waals surface area contributed by atoms with Gasteiger partial charge in [0, 0.05) is 4.90 Å². The van der Waals surface area contributed by atoms with Crippen LogP contribution in [0.4, 0.5) is 18.9 Å². The van der Waals surface area contributed by atoms with Crippen molar-refractivity contribution in [3.05, 3.63) is 59.2 Å². The average Bonchev–Trinajstić information content (AvgIpc) is 2.62. The smallest absolute Gasteiger partial charge is 0.416 e. The van der Waals surface area contributed by atoms with Crippen molar-refractivity contribution in [2.75, 3.05) is 17.8 Å². The summed E-state index contributed by atoms with van der Waals surface area (Å²) in [6, 6.07) is 9.69. The SMILES string of the molecule is COC(=O)c1ccc2c(c1)N(Cc1cccc(C(F)(F)F)c1)C(=O)CS2. The highest BCUT2D eigenvalue weighted by molar-refractivity contribution is 8.00. The lowest BCUT2D eigenvalue weighted by molar-refractivity contribution is -0.137. The Morgan fingerprint density at radius 1 is 1.23 bits per heavy atom. The number of nitrogens with zero attached hydrogens (tertiary/aromatic N) is 1. The maximum absolute atomic E-state index is 12.9. The largest absolute Gasteiger partial charge is 0.465 e. The van der Waals surface area contributed by atoms with Gasteiger partial charge < -0.3 is 9.64 Å². The van der Waals surface area contributed by atoms with E-state index in [-0.39, 0.29) is 23.8 Å². The Morgan fingerprint density at radius 3 is 2.69 bits per heavy atom. The van der Waals surface area contributed by atoms with Crippen molar-refractivity contribution in [1.82, 2.24) is 0 Å². The minimum atomic E-state index is -4.45. The topological polar surface area (TPSA) is 46.6 Å². The molecule has 4 nitrogen and oxygen atoms in total. The molecule has 26 heavy (non-hydrogen) atoms. The third kappa shape index (κ3) is 3.70. The Hall–Kier alpha value is -2.48. The van der Waals surface area contributed by atoms with Gasteiger partial charge in [0.1, 0.15) is 0 Å². The van der Waals surface area contributed by atoms with E-state index < -0.39 is 17.7 Å². The van der Waals surface area contributed by atoms with Crippen molar-refractivity contribution in [3.63, 3.8) is 0 Å². The number of anilines is 1.